The number of halogens is 2. The van der Waals surface area contributed by atoms with Crippen molar-refractivity contribution < 1.29 is 8.78 Å². The minimum atomic E-state index is -0.506. The van der Waals surface area contributed by atoms with Crippen LogP contribution in [-0.2, 0) is 0 Å². The Labute approximate surface area is 113 Å². The molecule has 1 aliphatic rings. The molecule has 1 N–H and O–H groups in total. The monoisotopic (exact) mass is 268 g/mol. The molecule has 1 saturated heterocycles. The zero-order chi connectivity index (χ0) is 13.8. The Bertz CT molecular complexity index is 402. The second kappa shape index (κ2) is 6.33. The van der Waals surface area contributed by atoms with Crippen LogP contribution in [0.5, 0.6) is 0 Å². The van der Waals surface area contributed by atoms with Crippen LogP contribution in [0.1, 0.15) is 33.1 Å². The van der Waals surface area contributed by atoms with E-state index in [2.05, 4.69) is 24.1 Å². The highest BCUT2D eigenvalue weighted by molar-refractivity contribution is 5.48. The fourth-order valence-corrected chi connectivity index (χ4v) is 2.79. The molecule has 1 aromatic carbocycles. The van der Waals surface area contributed by atoms with Gasteiger partial charge in [-0.15, -0.1) is 0 Å². The molecule has 1 aliphatic heterocycles. The molecule has 19 heavy (non-hydrogen) atoms. The third kappa shape index (κ3) is 3.66. The van der Waals surface area contributed by atoms with Crippen LogP contribution in [0.2, 0.25) is 0 Å². The molecule has 2 unspecified atom stereocenters. The van der Waals surface area contributed by atoms with E-state index in [1.54, 1.807) is 0 Å². The van der Waals surface area contributed by atoms with Crippen LogP contribution in [0, 0.1) is 11.6 Å². The summed E-state index contributed by atoms with van der Waals surface area (Å²) < 4.78 is 26.5. The van der Waals surface area contributed by atoms with E-state index in [-0.39, 0.29) is 0 Å². The van der Waals surface area contributed by atoms with Gasteiger partial charge in [-0.25, -0.2) is 8.78 Å². The Balaban J connectivity index is 2.02. The van der Waals surface area contributed by atoms with E-state index in [0.717, 1.165) is 38.4 Å². The van der Waals surface area contributed by atoms with Crippen molar-refractivity contribution >= 4 is 5.69 Å². The quantitative estimate of drug-likeness (QED) is 0.901. The zero-order valence-electron chi connectivity index (χ0n) is 11.6. The summed E-state index contributed by atoms with van der Waals surface area (Å²) in [4.78, 5) is 2.09. The number of anilines is 1. The van der Waals surface area contributed by atoms with E-state index in [0.29, 0.717) is 17.8 Å². The Morgan fingerprint density at radius 3 is 2.53 bits per heavy atom. The molecule has 0 amide bonds. The Morgan fingerprint density at radius 2 is 1.95 bits per heavy atom. The third-order valence-electron chi connectivity index (χ3n) is 3.74. The van der Waals surface area contributed by atoms with Gasteiger partial charge >= 0.3 is 0 Å². The van der Waals surface area contributed by atoms with Gasteiger partial charge in [-0.2, -0.15) is 0 Å². The van der Waals surface area contributed by atoms with Crippen LogP contribution in [0.3, 0.4) is 0 Å². The van der Waals surface area contributed by atoms with Gasteiger partial charge in [0.05, 0.1) is 0 Å². The van der Waals surface area contributed by atoms with Crippen LogP contribution >= 0.6 is 0 Å². The van der Waals surface area contributed by atoms with Crippen LogP contribution in [0.25, 0.3) is 0 Å². The summed E-state index contributed by atoms with van der Waals surface area (Å²) in [7, 11) is 0. The van der Waals surface area contributed by atoms with Crippen LogP contribution in [0.4, 0.5) is 14.5 Å². The van der Waals surface area contributed by atoms with Gasteiger partial charge in [-0.05, 0) is 44.9 Å². The van der Waals surface area contributed by atoms with Gasteiger partial charge in [-0.3, -0.25) is 0 Å². The van der Waals surface area contributed by atoms with Gasteiger partial charge < -0.3 is 10.2 Å². The molecule has 0 aliphatic carbocycles. The van der Waals surface area contributed by atoms with Crippen molar-refractivity contribution in [1.82, 2.24) is 5.32 Å². The Hall–Kier alpha value is -1.16. The van der Waals surface area contributed by atoms with Crippen molar-refractivity contribution in [2.75, 3.05) is 18.0 Å². The number of hydrogen-bond acceptors (Lipinski definition) is 2. The van der Waals surface area contributed by atoms with Crippen LogP contribution in [-0.4, -0.2) is 25.2 Å². The smallest absolute Gasteiger partial charge is 0.128 e. The Morgan fingerprint density at radius 1 is 1.26 bits per heavy atom. The maximum absolute atomic E-state index is 13.3. The van der Waals surface area contributed by atoms with Crippen molar-refractivity contribution in [3.63, 3.8) is 0 Å². The molecule has 0 radical (unpaired) electrons. The summed E-state index contributed by atoms with van der Waals surface area (Å²) in [6.45, 7) is 6.14. The molecule has 2 rings (SSSR count). The molecule has 2 nitrogen and oxygen atoms in total. The van der Waals surface area contributed by atoms with Crippen molar-refractivity contribution in [2.24, 2.45) is 0 Å². The molecular formula is C15H22F2N2. The van der Waals surface area contributed by atoms with Gasteiger partial charge in [-0.1, -0.05) is 6.92 Å². The molecule has 0 spiro atoms. The lowest BCUT2D eigenvalue weighted by molar-refractivity contribution is 0.368. The summed E-state index contributed by atoms with van der Waals surface area (Å²) in [5.41, 5.74) is 0.652. The number of piperidine rings is 1. The second-order valence-electron chi connectivity index (χ2n) is 5.35. The first-order valence-electron chi connectivity index (χ1n) is 7.06. The fraction of sp³-hybridized carbons (Fsp3) is 0.600. The number of hydrogen-bond donors (Lipinski definition) is 1. The third-order valence-corrected chi connectivity index (χ3v) is 3.74. The van der Waals surface area contributed by atoms with Crippen LogP contribution < -0.4 is 10.2 Å². The summed E-state index contributed by atoms with van der Waals surface area (Å²) in [5, 5.41) is 3.52. The zero-order valence-corrected chi connectivity index (χ0v) is 11.6. The lowest BCUT2D eigenvalue weighted by Gasteiger charge is -2.39. The van der Waals surface area contributed by atoms with Gasteiger partial charge in [0.15, 0.2) is 0 Å². The molecule has 1 heterocycles. The first kappa shape index (κ1) is 14.3. The van der Waals surface area contributed by atoms with E-state index in [9.17, 15) is 8.78 Å². The van der Waals surface area contributed by atoms with E-state index in [4.69, 9.17) is 0 Å². The number of nitrogens with zero attached hydrogens (tertiary/aromatic N) is 1. The van der Waals surface area contributed by atoms with E-state index in [1.807, 2.05) is 0 Å². The average molecular weight is 268 g/mol. The standard InChI is InChI=1S/C15H22F2N2/c1-3-5-18-14-4-6-19(11(2)7-14)15-9-12(16)8-13(17)10-15/h8-11,14,18H,3-7H2,1-2H3. The summed E-state index contributed by atoms with van der Waals surface area (Å²) in [5.74, 6) is -1.01. The van der Waals surface area contributed by atoms with Crippen molar-refractivity contribution in [3.05, 3.63) is 29.8 Å². The van der Waals surface area contributed by atoms with Gasteiger partial charge in [0.1, 0.15) is 11.6 Å². The molecule has 0 bridgehead atoms. The highest BCUT2D eigenvalue weighted by Crippen LogP contribution is 2.26. The van der Waals surface area contributed by atoms with E-state index >= 15 is 0 Å². The highest BCUT2D eigenvalue weighted by atomic mass is 19.1. The molecule has 1 aromatic rings. The minimum absolute atomic E-state index is 0.296. The fourth-order valence-electron chi connectivity index (χ4n) is 2.79. The molecule has 0 saturated carbocycles. The second-order valence-corrected chi connectivity index (χ2v) is 5.35. The minimum Gasteiger partial charge on any atom is -0.369 e. The van der Waals surface area contributed by atoms with Gasteiger partial charge in [0.25, 0.3) is 0 Å². The first-order chi connectivity index (χ1) is 9.10. The topological polar surface area (TPSA) is 15.3 Å². The normalized spacial score (nSPS) is 23.7. The molecule has 1 fully saturated rings. The van der Waals surface area contributed by atoms with Crippen molar-refractivity contribution in [3.8, 4) is 0 Å². The maximum atomic E-state index is 13.3. The average Bonchev–Trinajstić information content (AvgIpc) is 2.35. The van der Waals surface area contributed by atoms with E-state index < -0.39 is 11.6 Å². The molecule has 106 valence electrons. The summed E-state index contributed by atoms with van der Waals surface area (Å²) >= 11 is 0. The largest absolute Gasteiger partial charge is 0.369 e. The number of nitrogens with one attached hydrogen (secondary N) is 1. The SMILES string of the molecule is CCCNC1CCN(c2cc(F)cc(F)c2)C(C)C1. The molecule has 2 atom stereocenters. The van der Waals surface area contributed by atoms with Gasteiger partial charge in [0, 0.05) is 30.4 Å². The lowest BCUT2D eigenvalue weighted by atomic mass is 9.97. The highest BCUT2D eigenvalue weighted by Gasteiger charge is 2.25. The molecular weight excluding hydrogens is 246 g/mol. The van der Waals surface area contributed by atoms with Crippen molar-refractivity contribution in [2.45, 2.75) is 45.2 Å². The summed E-state index contributed by atoms with van der Waals surface area (Å²) in [6.07, 6.45) is 3.16. The maximum Gasteiger partial charge on any atom is 0.128 e. The van der Waals surface area contributed by atoms with Crippen LogP contribution in [0.15, 0.2) is 18.2 Å². The lowest BCUT2D eigenvalue weighted by Crippen LogP contribution is -2.47. The van der Waals surface area contributed by atoms with Gasteiger partial charge in [0.2, 0.25) is 0 Å². The Kier molecular flexibility index (Phi) is 4.75. The predicted molar refractivity (Wildman–Crippen MR) is 74.5 cm³/mol. The molecule has 0 aromatic heterocycles. The number of benzene rings is 1. The first-order valence-corrected chi connectivity index (χ1v) is 7.06. The summed E-state index contributed by atoms with van der Waals surface area (Å²) in [6, 6.07) is 4.57. The van der Waals surface area contributed by atoms with Crippen molar-refractivity contribution in [1.29, 1.82) is 0 Å². The number of rotatable bonds is 4. The molecule has 4 heteroatoms. The predicted octanol–water partition coefficient (Wildman–Crippen LogP) is 3.32. The van der Waals surface area contributed by atoms with E-state index in [1.165, 1.54) is 12.1 Å².